The number of aromatic nitrogens is 6. The normalized spacial score (nSPS) is 14.7. The van der Waals surface area contributed by atoms with E-state index < -0.39 is 5.60 Å². The Bertz CT molecular complexity index is 1350. The molecule has 4 aromatic heterocycles. The molecule has 1 fully saturated rings. The van der Waals surface area contributed by atoms with Gasteiger partial charge in [-0.1, -0.05) is 6.07 Å². The lowest BCUT2D eigenvalue weighted by molar-refractivity contribution is 0.0185. The Morgan fingerprint density at radius 1 is 1.08 bits per heavy atom. The van der Waals surface area contributed by atoms with Gasteiger partial charge in [-0.2, -0.15) is 5.10 Å². The van der Waals surface area contributed by atoms with Crippen LogP contribution in [0.4, 0.5) is 10.6 Å². The summed E-state index contributed by atoms with van der Waals surface area (Å²) in [5, 5.41) is 12.8. The monoisotopic (exact) mass is 488 g/mol. The van der Waals surface area contributed by atoms with Crippen LogP contribution in [-0.4, -0.2) is 59.6 Å². The van der Waals surface area contributed by atoms with E-state index in [0.29, 0.717) is 30.2 Å². The van der Waals surface area contributed by atoms with E-state index in [4.69, 9.17) is 14.9 Å². The molecule has 4 aromatic rings. The first-order chi connectivity index (χ1) is 17.3. The lowest BCUT2D eigenvalue weighted by atomic mass is 10.1. The Morgan fingerprint density at radius 3 is 2.58 bits per heavy atom. The van der Waals surface area contributed by atoms with Gasteiger partial charge in [0.25, 0.3) is 11.8 Å². The van der Waals surface area contributed by atoms with Crippen molar-refractivity contribution in [3.8, 4) is 34.2 Å². The van der Waals surface area contributed by atoms with E-state index in [1.54, 1.807) is 29.6 Å². The summed E-state index contributed by atoms with van der Waals surface area (Å²) in [6, 6.07) is 7.51. The third-order valence-corrected chi connectivity index (χ3v) is 5.88. The molecule has 1 saturated heterocycles. The molecule has 2 N–H and O–H groups in total. The van der Waals surface area contributed by atoms with E-state index in [2.05, 4.69) is 25.3 Å². The number of amides is 1. The summed E-state index contributed by atoms with van der Waals surface area (Å²) >= 11 is 0. The minimum atomic E-state index is -0.502. The highest BCUT2D eigenvalue weighted by Crippen LogP contribution is 2.31. The quantitative estimate of drug-likeness (QED) is 0.447. The Kier molecular flexibility index (Phi) is 6.13. The summed E-state index contributed by atoms with van der Waals surface area (Å²) in [5.41, 5.74) is 8.47. The first-order valence-electron chi connectivity index (χ1n) is 11.8. The maximum absolute atomic E-state index is 12.3. The number of likely N-dealkylation sites (tertiary alicyclic amines) is 1. The second-order valence-corrected chi connectivity index (χ2v) is 9.69. The van der Waals surface area contributed by atoms with Crippen molar-refractivity contribution in [1.82, 2.24) is 34.8 Å². The number of hydrogen-bond donors (Lipinski definition) is 1. The Balaban J connectivity index is 1.30. The van der Waals surface area contributed by atoms with Gasteiger partial charge in [-0.25, -0.2) is 9.78 Å². The third-order valence-electron chi connectivity index (χ3n) is 5.88. The molecular weight excluding hydrogens is 460 g/mol. The Morgan fingerprint density at radius 2 is 1.86 bits per heavy atom. The molecule has 11 nitrogen and oxygen atoms in total. The van der Waals surface area contributed by atoms with Crippen LogP contribution in [0.1, 0.15) is 39.7 Å². The highest BCUT2D eigenvalue weighted by molar-refractivity contribution is 5.75. The van der Waals surface area contributed by atoms with Gasteiger partial charge in [0.2, 0.25) is 0 Å². The molecule has 1 aliphatic heterocycles. The summed E-state index contributed by atoms with van der Waals surface area (Å²) in [7, 11) is 0. The molecule has 36 heavy (non-hydrogen) atoms. The summed E-state index contributed by atoms with van der Waals surface area (Å²) < 4.78 is 13.3. The highest BCUT2D eigenvalue weighted by Gasteiger charge is 2.28. The molecular formula is C25H28N8O3. The van der Waals surface area contributed by atoms with Gasteiger partial charge in [0.05, 0.1) is 17.8 Å². The smallest absolute Gasteiger partial charge is 0.410 e. The first kappa shape index (κ1) is 23.5. The van der Waals surface area contributed by atoms with Crippen LogP contribution in [0.2, 0.25) is 0 Å². The van der Waals surface area contributed by atoms with Crippen molar-refractivity contribution in [2.45, 2.75) is 45.3 Å². The zero-order chi connectivity index (χ0) is 25.3. The molecule has 0 aliphatic carbocycles. The average molecular weight is 489 g/mol. The maximum atomic E-state index is 12.3. The van der Waals surface area contributed by atoms with Crippen molar-refractivity contribution in [3.63, 3.8) is 0 Å². The predicted molar refractivity (Wildman–Crippen MR) is 132 cm³/mol. The number of ether oxygens (including phenoxy) is 1. The molecule has 5 rings (SSSR count). The highest BCUT2D eigenvalue weighted by atomic mass is 16.6. The summed E-state index contributed by atoms with van der Waals surface area (Å²) in [5.74, 6) is 0.863. The summed E-state index contributed by atoms with van der Waals surface area (Å²) in [6.07, 6.45) is 8.46. The van der Waals surface area contributed by atoms with Crippen molar-refractivity contribution in [3.05, 3.63) is 49.1 Å². The molecule has 11 heteroatoms. The Labute approximate surface area is 208 Å². The van der Waals surface area contributed by atoms with E-state index >= 15 is 0 Å². The van der Waals surface area contributed by atoms with E-state index in [0.717, 1.165) is 24.0 Å². The molecule has 186 valence electrons. The predicted octanol–water partition coefficient (Wildman–Crippen LogP) is 4.21. The number of rotatable bonds is 4. The van der Waals surface area contributed by atoms with Crippen LogP contribution in [0.25, 0.3) is 34.2 Å². The number of nitrogens with two attached hydrogens (primary N) is 1. The van der Waals surface area contributed by atoms with E-state index in [1.165, 1.54) is 0 Å². The minimum absolute atomic E-state index is 0.190. The molecule has 0 bridgehead atoms. The van der Waals surface area contributed by atoms with E-state index in [9.17, 15) is 4.79 Å². The number of anilines is 1. The molecule has 1 aliphatic rings. The van der Waals surface area contributed by atoms with Gasteiger partial charge in [0.15, 0.2) is 0 Å². The number of piperidine rings is 1. The number of carbonyl (C=O) groups excluding carboxylic acids is 1. The van der Waals surface area contributed by atoms with Gasteiger partial charge < -0.3 is 19.8 Å². The fraction of sp³-hybridized carbons (Fsp3) is 0.360. The summed E-state index contributed by atoms with van der Waals surface area (Å²) in [4.78, 5) is 22.7. The molecule has 0 atom stereocenters. The van der Waals surface area contributed by atoms with Crippen LogP contribution >= 0.6 is 0 Å². The van der Waals surface area contributed by atoms with E-state index in [1.807, 2.05) is 49.8 Å². The van der Waals surface area contributed by atoms with Crippen LogP contribution in [0.15, 0.2) is 53.5 Å². The van der Waals surface area contributed by atoms with E-state index in [-0.39, 0.29) is 23.8 Å². The molecule has 1 amide bonds. The van der Waals surface area contributed by atoms with Gasteiger partial charge in [-0.3, -0.25) is 9.67 Å². The number of pyridine rings is 2. The number of carbonyl (C=O) groups is 1. The lowest BCUT2D eigenvalue weighted by Crippen LogP contribution is -2.42. The average Bonchev–Trinajstić information content (AvgIpc) is 3.55. The molecule has 0 unspecified atom stereocenters. The maximum Gasteiger partial charge on any atom is 0.410 e. The fourth-order valence-corrected chi connectivity index (χ4v) is 4.06. The molecule has 0 radical (unpaired) electrons. The molecule has 0 spiro atoms. The van der Waals surface area contributed by atoms with Crippen molar-refractivity contribution in [1.29, 1.82) is 0 Å². The zero-order valence-electron chi connectivity index (χ0n) is 20.5. The van der Waals surface area contributed by atoms with Gasteiger partial charge in [0, 0.05) is 42.8 Å². The van der Waals surface area contributed by atoms with Gasteiger partial charge in [-0.15, -0.1) is 10.2 Å². The molecule has 0 saturated carbocycles. The van der Waals surface area contributed by atoms with Crippen molar-refractivity contribution < 1.29 is 13.9 Å². The van der Waals surface area contributed by atoms with Crippen LogP contribution < -0.4 is 5.73 Å². The number of nitrogens with zero attached hydrogens (tertiary/aromatic N) is 7. The van der Waals surface area contributed by atoms with Crippen LogP contribution in [-0.2, 0) is 4.74 Å². The SMILES string of the molecule is CC(C)(C)OC(=O)N1CCC(n2cc(-c3cnc(N)c(-c4nnc(-c5ccccn5)o4)c3)cn2)CC1. The molecule has 0 aromatic carbocycles. The number of nitrogen functional groups attached to an aromatic ring is 1. The summed E-state index contributed by atoms with van der Waals surface area (Å²) in [6.45, 7) is 6.87. The van der Waals surface area contributed by atoms with Crippen molar-refractivity contribution >= 4 is 11.9 Å². The van der Waals surface area contributed by atoms with Crippen molar-refractivity contribution in [2.24, 2.45) is 0 Å². The largest absolute Gasteiger partial charge is 0.444 e. The zero-order valence-corrected chi connectivity index (χ0v) is 20.5. The van der Waals surface area contributed by atoms with Crippen LogP contribution in [0, 0.1) is 0 Å². The second-order valence-electron chi connectivity index (χ2n) is 9.69. The third kappa shape index (κ3) is 5.04. The van der Waals surface area contributed by atoms with Crippen LogP contribution in [0.5, 0.6) is 0 Å². The second kappa shape index (κ2) is 9.40. The Hall–Kier alpha value is -4.28. The van der Waals surface area contributed by atoms with Crippen LogP contribution in [0.3, 0.4) is 0 Å². The van der Waals surface area contributed by atoms with Gasteiger partial charge >= 0.3 is 6.09 Å². The number of hydrogen-bond acceptors (Lipinski definition) is 9. The molecule has 5 heterocycles. The minimum Gasteiger partial charge on any atom is -0.444 e. The standard InChI is InChI=1S/C25H28N8O3/c1-25(2,3)36-24(34)32-10-7-18(8-11-32)33-15-17(14-29-33)16-12-19(21(26)28-13-16)22-30-31-23(35-22)20-6-4-5-9-27-20/h4-6,9,12-15,18H,7-8,10-11H2,1-3H3,(H2,26,28). The first-order valence-corrected chi connectivity index (χ1v) is 11.8. The van der Waals surface area contributed by atoms with Crippen molar-refractivity contribution in [2.75, 3.05) is 18.8 Å². The van der Waals surface area contributed by atoms with Gasteiger partial charge in [0.1, 0.15) is 17.1 Å². The van der Waals surface area contributed by atoms with Gasteiger partial charge in [-0.05, 0) is 51.8 Å². The topological polar surface area (TPSA) is 138 Å². The fourth-order valence-electron chi connectivity index (χ4n) is 4.06. The lowest BCUT2D eigenvalue weighted by Gasteiger charge is -2.33.